The number of esters is 1. The van der Waals surface area contributed by atoms with Crippen LogP contribution in [0.4, 0.5) is 0 Å². The molecule has 0 saturated carbocycles. The van der Waals surface area contributed by atoms with E-state index in [0.29, 0.717) is 13.0 Å². The number of rotatable bonds is 17. The standard InChI is InChI=1S/C23H42O4/c1-2-3-4-11-15-21(24)16-12-9-7-5-6-8-10-13-18-23(25)27-20-22-17-14-19-26-22/h9,12,21-22,24H,2-8,10-11,13-20H2,1H3/b12-9-/t21-,22?/m1/s1. The number of hydrogen-bond donors (Lipinski definition) is 1. The summed E-state index contributed by atoms with van der Waals surface area (Å²) < 4.78 is 10.7. The van der Waals surface area contributed by atoms with Gasteiger partial charge in [0.2, 0.25) is 0 Å². The van der Waals surface area contributed by atoms with Gasteiger partial charge in [-0.2, -0.15) is 0 Å². The van der Waals surface area contributed by atoms with Crippen LogP contribution in [0.15, 0.2) is 12.2 Å². The van der Waals surface area contributed by atoms with E-state index in [4.69, 9.17) is 9.47 Å². The number of unbranched alkanes of at least 4 members (excludes halogenated alkanes) is 8. The maximum atomic E-state index is 11.7. The molecule has 1 N–H and O–H groups in total. The minimum Gasteiger partial charge on any atom is -0.463 e. The molecule has 1 aliphatic heterocycles. The molecule has 1 aliphatic rings. The van der Waals surface area contributed by atoms with Gasteiger partial charge in [-0.3, -0.25) is 4.79 Å². The summed E-state index contributed by atoms with van der Waals surface area (Å²) in [5.74, 6) is -0.0818. The zero-order valence-corrected chi connectivity index (χ0v) is 17.5. The zero-order valence-electron chi connectivity index (χ0n) is 17.5. The first-order valence-corrected chi connectivity index (χ1v) is 11.3. The Balaban J connectivity index is 1.81. The molecule has 1 rings (SSSR count). The molecule has 0 aromatic rings. The molecule has 158 valence electrons. The average Bonchev–Trinajstić information content (AvgIpc) is 3.18. The summed E-state index contributed by atoms with van der Waals surface area (Å²) >= 11 is 0. The van der Waals surface area contributed by atoms with E-state index in [-0.39, 0.29) is 18.2 Å². The molecule has 27 heavy (non-hydrogen) atoms. The van der Waals surface area contributed by atoms with Crippen molar-refractivity contribution in [2.45, 2.75) is 115 Å². The van der Waals surface area contributed by atoms with Crippen LogP contribution in [-0.2, 0) is 14.3 Å². The topological polar surface area (TPSA) is 55.8 Å². The lowest BCUT2D eigenvalue weighted by Crippen LogP contribution is -2.17. The SMILES string of the molecule is CCCCCC[C@@H](O)C/C=C\CCCCCCCC(=O)OCC1CCCO1. The van der Waals surface area contributed by atoms with E-state index in [9.17, 15) is 9.90 Å². The molecule has 0 aromatic heterocycles. The summed E-state index contributed by atoms with van der Waals surface area (Å²) in [4.78, 5) is 11.7. The highest BCUT2D eigenvalue weighted by Gasteiger charge is 2.17. The Kier molecular flexibility index (Phi) is 15.4. The summed E-state index contributed by atoms with van der Waals surface area (Å²) in [5.41, 5.74) is 0. The van der Waals surface area contributed by atoms with Crippen LogP contribution >= 0.6 is 0 Å². The Morgan fingerprint density at radius 1 is 1.11 bits per heavy atom. The molecule has 1 unspecified atom stereocenters. The highest BCUT2D eigenvalue weighted by atomic mass is 16.6. The maximum absolute atomic E-state index is 11.7. The van der Waals surface area contributed by atoms with Crippen LogP contribution in [0.3, 0.4) is 0 Å². The molecule has 1 saturated heterocycles. The fourth-order valence-electron chi connectivity index (χ4n) is 3.39. The number of allylic oxidation sites excluding steroid dienone is 1. The second-order valence-corrected chi connectivity index (χ2v) is 7.83. The van der Waals surface area contributed by atoms with Crippen molar-refractivity contribution < 1.29 is 19.4 Å². The Morgan fingerprint density at radius 3 is 2.67 bits per heavy atom. The molecule has 0 aliphatic carbocycles. The molecule has 1 fully saturated rings. The van der Waals surface area contributed by atoms with Gasteiger partial charge in [0.25, 0.3) is 0 Å². The van der Waals surface area contributed by atoms with Crippen molar-refractivity contribution in [1.82, 2.24) is 0 Å². The predicted molar refractivity (Wildman–Crippen MR) is 111 cm³/mol. The van der Waals surface area contributed by atoms with Gasteiger partial charge < -0.3 is 14.6 Å². The van der Waals surface area contributed by atoms with Crippen LogP contribution < -0.4 is 0 Å². The Bertz CT molecular complexity index is 375. The predicted octanol–water partition coefficient (Wildman–Crippen LogP) is 5.72. The molecule has 0 amide bonds. The number of hydrogen-bond acceptors (Lipinski definition) is 4. The first-order valence-electron chi connectivity index (χ1n) is 11.3. The second kappa shape index (κ2) is 17.2. The van der Waals surface area contributed by atoms with Gasteiger partial charge in [-0.1, -0.05) is 64.0 Å². The van der Waals surface area contributed by atoms with Gasteiger partial charge in [0.05, 0.1) is 12.2 Å². The third kappa shape index (κ3) is 14.8. The lowest BCUT2D eigenvalue weighted by atomic mass is 10.1. The molecule has 0 bridgehead atoms. The van der Waals surface area contributed by atoms with Crippen LogP contribution in [0, 0.1) is 0 Å². The van der Waals surface area contributed by atoms with E-state index in [1.807, 2.05) is 0 Å². The van der Waals surface area contributed by atoms with Crippen molar-refractivity contribution in [3.63, 3.8) is 0 Å². The molecule has 1 heterocycles. The first kappa shape index (κ1) is 24.2. The summed E-state index contributed by atoms with van der Waals surface area (Å²) in [6.45, 7) is 3.44. The molecule has 2 atom stereocenters. The van der Waals surface area contributed by atoms with Gasteiger partial charge in [-0.25, -0.2) is 0 Å². The molecule has 0 aromatic carbocycles. The van der Waals surface area contributed by atoms with Crippen molar-refractivity contribution in [2.75, 3.05) is 13.2 Å². The van der Waals surface area contributed by atoms with Gasteiger partial charge in [0.15, 0.2) is 0 Å². The van der Waals surface area contributed by atoms with E-state index in [2.05, 4.69) is 19.1 Å². The van der Waals surface area contributed by atoms with Crippen LogP contribution in [0.5, 0.6) is 0 Å². The Labute approximate surface area is 166 Å². The minimum atomic E-state index is -0.168. The lowest BCUT2D eigenvalue weighted by molar-refractivity contribution is -0.147. The number of aliphatic hydroxyl groups excluding tert-OH is 1. The van der Waals surface area contributed by atoms with Gasteiger partial charge in [0.1, 0.15) is 6.61 Å². The average molecular weight is 383 g/mol. The summed E-state index contributed by atoms with van der Waals surface area (Å²) in [6.07, 6.45) is 20.2. The number of carbonyl (C=O) groups excluding carboxylic acids is 1. The fourth-order valence-corrected chi connectivity index (χ4v) is 3.39. The molecule has 0 spiro atoms. The molecular formula is C23H42O4. The smallest absolute Gasteiger partial charge is 0.305 e. The van der Waals surface area contributed by atoms with Crippen molar-refractivity contribution in [3.8, 4) is 0 Å². The van der Waals surface area contributed by atoms with Crippen LogP contribution in [0.25, 0.3) is 0 Å². The van der Waals surface area contributed by atoms with E-state index in [1.165, 1.54) is 38.5 Å². The fraction of sp³-hybridized carbons (Fsp3) is 0.870. The third-order valence-corrected chi connectivity index (χ3v) is 5.17. The van der Waals surface area contributed by atoms with Crippen molar-refractivity contribution in [2.24, 2.45) is 0 Å². The Hall–Kier alpha value is -0.870. The first-order chi connectivity index (χ1) is 13.2. The number of aliphatic hydroxyl groups is 1. The highest BCUT2D eigenvalue weighted by molar-refractivity contribution is 5.69. The number of ether oxygens (including phenoxy) is 2. The number of carbonyl (C=O) groups is 1. The molecule has 0 radical (unpaired) electrons. The van der Waals surface area contributed by atoms with Crippen LogP contribution in [0.1, 0.15) is 103 Å². The van der Waals surface area contributed by atoms with E-state index in [1.54, 1.807) is 0 Å². The quantitative estimate of drug-likeness (QED) is 0.199. The monoisotopic (exact) mass is 382 g/mol. The second-order valence-electron chi connectivity index (χ2n) is 7.83. The minimum absolute atomic E-state index is 0.0818. The maximum Gasteiger partial charge on any atom is 0.305 e. The zero-order chi connectivity index (χ0) is 19.6. The van der Waals surface area contributed by atoms with E-state index < -0.39 is 0 Å². The molecular weight excluding hydrogens is 340 g/mol. The molecule has 4 nitrogen and oxygen atoms in total. The summed E-state index contributed by atoms with van der Waals surface area (Å²) in [7, 11) is 0. The highest BCUT2D eigenvalue weighted by Crippen LogP contribution is 2.13. The Morgan fingerprint density at radius 2 is 1.89 bits per heavy atom. The summed E-state index contributed by atoms with van der Waals surface area (Å²) in [6, 6.07) is 0. The lowest BCUT2D eigenvalue weighted by Gasteiger charge is -2.09. The van der Waals surface area contributed by atoms with Gasteiger partial charge in [0, 0.05) is 13.0 Å². The third-order valence-electron chi connectivity index (χ3n) is 5.17. The van der Waals surface area contributed by atoms with Crippen molar-refractivity contribution in [1.29, 1.82) is 0 Å². The van der Waals surface area contributed by atoms with Crippen molar-refractivity contribution >= 4 is 5.97 Å². The van der Waals surface area contributed by atoms with Crippen LogP contribution in [-0.4, -0.2) is 36.5 Å². The van der Waals surface area contributed by atoms with Gasteiger partial charge >= 0.3 is 5.97 Å². The summed E-state index contributed by atoms with van der Waals surface area (Å²) in [5, 5.41) is 9.90. The largest absolute Gasteiger partial charge is 0.463 e. The van der Waals surface area contributed by atoms with Crippen LogP contribution in [0.2, 0.25) is 0 Å². The van der Waals surface area contributed by atoms with E-state index in [0.717, 1.165) is 58.0 Å². The molecule has 4 heteroatoms. The van der Waals surface area contributed by atoms with Gasteiger partial charge in [-0.05, 0) is 44.9 Å². The van der Waals surface area contributed by atoms with Crippen molar-refractivity contribution in [3.05, 3.63) is 12.2 Å². The normalized spacial score (nSPS) is 18.2. The van der Waals surface area contributed by atoms with Gasteiger partial charge in [-0.15, -0.1) is 0 Å². The van der Waals surface area contributed by atoms with E-state index >= 15 is 0 Å².